The van der Waals surface area contributed by atoms with Crippen molar-refractivity contribution in [1.29, 1.82) is 0 Å². The maximum Gasteiger partial charge on any atom is 0.338 e. The number of aryl methyl sites for hydroxylation is 1. The van der Waals surface area contributed by atoms with Crippen LogP contribution < -0.4 is 4.74 Å². The minimum absolute atomic E-state index is 0.107. The van der Waals surface area contributed by atoms with Crippen LogP contribution in [-0.2, 0) is 0 Å². The highest BCUT2D eigenvalue weighted by Gasteiger charge is 2.21. The van der Waals surface area contributed by atoms with Gasteiger partial charge in [0.05, 0.1) is 12.0 Å². The molecule has 0 aliphatic carbocycles. The normalized spacial score (nSPS) is 10.8. The minimum Gasteiger partial charge on any atom is -0.497 e. The van der Waals surface area contributed by atoms with Crippen molar-refractivity contribution in [2.24, 2.45) is 0 Å². The number of hydrogen-bond acceptors (Lipinski definition) is 5. The standard InChI is InChI=1S/C13H12N2O4/c1-9-13(15(16)17)12(19-14-9)8-5-10-3-6-11(18-2)7-4-10/h3-8H,1-2H3. The molecule has 19 heavy (non-hydrogen) atoms. The van der Waals surface area contributed by atoms with E-state index in [1.54, 1.807) is 25.3 Å². The molecule has 6 nitrogen and oxygen atoms in total. The number of nitro groups is 1. The summed E-state index contributed by atoms with van der Waals surface area (Å²) in [5.74, 6) is 0.886. The molecule has 6 heteroatoms. The van der Waals surface area contributed by atoms with Gasteiger partial charge in [-0.25, -0.2) is 0 Å². The molecule has 0 unspecified atom stereocenters. The summed E-state index contributed by atoms with van der Waals surface area (Å²) < 4.78 is 9.96. The second-order valence-electron chi connectivity index (χ2n) is 3.84. The van der Waals surface area contributed by atoms with Crippen molar-refractivity contribution in [3.05, 3.63) is 51.4 Å². The first-order valence-corrected chi connectivity index (χ1v) is 5.54. The number of benzene rings is 1. The van der Waals surface area contributed by atoms with Gasteiger partial charge in [-0.3, -0.25) is 10.1 Å². The molecule has 0 fully saturated rings. The number of methoxy groups -OCH3 is 1. The molecule has 0 amide bonds. The molecular formula is C13H12N2O4. The molecule has 2 rings (SSSR count). The fourth-order valence-corrected chi connectivity index (χ4v) is 1.60. The highest BCUT2D eigenvalue weighted by Crippen LogP contribution is 2.24. The third-order valence-electron chi connectivity index (χ3n) is 2.58. The Balaban J connectivity index is 2.24. The first-order valence-electron chi connectivity index (χ1n) is 5.54. The van der Waals surface area contributed by atoms with Gasteiger partial charge in [-0.2, -0.15) is 0 Å². The summed E-state index contributed by atoms with van der Waals surface area (Å²) in [6.07, 6.45) is 3.24. The van der Waals surface area contributed by atoms with Crippen LogP contribution in [0.1, 0.15) is 17.0 Å². The van der Waals surface area contributed by atoms with E-state index in [0.29, 0.717) is 0 Å². The maximum absolute atomic E-state index is 10.9. The Kier molecular flexibility index (Phi) is 3.61. The number of aromatic nitrogens is 1. The molecule has 2 aromatic rings. The molecule has 0 atom stereocenters. The van der Waals surface area contributed by atoms with Gasteiger partial charge >= 0.3 is 5.69 Å². The van der Waals surface area contributed by atoms with Crippen LogP contribution in [0.4, 0.5) is 5.69 Å². The number of ether oxygens (including phenoxy) is 1. The smallest absolute Gasteiger partial charge is 0.338 e. The summed E-state index contributed by atoms with van der Waals surface area (Å²) >= 11 is 0. The Morgan fingerprint density at radius 2 is 2.00 bits per heavy atom. The fourth-order valence-electron chi connectivity index (χ4n) is 1.60. The van der Waals surface area contributed by atoms with E-state index in [9.17, 15) is 10.1 Å². The SMILES string of the molecule is COc1ccc(C=Cc2onc(C)c2[N+](=O)[O-])cc1. The highest BCUT2D eigenvalue weighted by molar-refractivity contribution is 5.71. The molecular weight excluding hydrogens is 248 g/mol. The lowest BCUT2D eigenvalue weighted by atomic mass is 10.2. The van der Waals surface area contributed by atoms with Gasteiger partial charge in [0.2, 0.25) is 5.76 Å². The van der Waals surface area contributed by atoms with Gasteiger partial charge in [-0.05, 0) is 30.7 Å². The zero-order valence-electron chi connectivity index (χ0n) is 10.5. The minimum atomic E-state index is -0.500. The fraction of sp³-hybridized carbons (Fsp3) is 0.154. The van der Waals surface area contributed by atoms with Gasteiger partial charge in [0.25, 0.3) is 0 Å². The van der Waals surface area contributed by atoms with Gasteiger partial charge in [-0.15, -0.1) is 0 Å². The molecule has 1 aromatic heterocycles. The summed E-state index contributed by atoms with van der Waals surface area (Å²) in [6.45, 7) is 1.53. The van der Waals surface area contributed by atoms with Gasteiger partial charge in [-0.1, -0.05) is 23.4 Å². The Morgan fingerprint density at radius 1 is 1.32 bits per heavy atom. The van der Waals surface area contributed by atoms with Crippen LogP contribution >= 0.6 is 0 Å². The van der Waals surface area contributed by atoms with Crippen molar-refractivity contribution in [3.63, 3.8) is 0 Å². The van der Waals surface area contributed by atoms with Crippen LogP contribution in [0, 0.1) is 17.0 Å². The third kappa shape index (κ3) is 2.79. The monoisotopic (exact) mass is 260 g/mol. The van der Waals surface area contributed by atoms with Gasteiger partial charge in [0.1, 0.15) is 5.75 Å². The van der Waals surface area contributed by atoms with Gasteiger partial charge < -0.3 is 9.26 Å². The van der Waals surface area contributed by atoms with Crippen molar-refractivity contribution < 1.29 is 14.2 Å². The summed E-state index contributed by atoms with van der Waals surface area (Å²) in [4.78, 5) is 10.4. The number of rotatable bonds is 4. The lowest BCUT2D eigenvalue weighted by Crippen LogP contribution is -1.90. The molecule has 0 spiro atoms. The molecule has 0 aliphatic heterocycles. The first-order chi connectivity index (χ1) is 9.11. The molecule has 0 bridgehead atoms. The first kappa shape index (κ1) is 12.8. The molecule has 98 valence electrons. The Labute approximate surface area is 109 Å². The summed E-state index contributed by atoms with van der Waals surface area (Å²) in [6, 6.07) is 7.29. The van der Waals surface area contributed by atoms with Crippen LogP contribution in [0.25, 0.3) is 12.2 Å². The maximum atomic E-state index is 10.9. The third-order valence-corrected chi connectivity index (χ3v) is 2.58. The Hall–Kier alpha value is -2.63. The van der Waals surface area contributed by atoms with Crippen LogP contribution in [0.2, 0.25) is 0 Å². The second kappa shape index (κ2) is 5.34. The molecule has 0 saturated carbocycles. The topological polar surface area (TPSA) is 78.4 Å². The Morgan fingerprint density at radius 3 is 2.58 bits per heavy atom. The van der Waals surface area contributed by atoms with Crippen molar-refractivity contribution in [2.45, 2.75) is 6.92 Å². The largest absolute Gasteiger partial charge is 0.497 e. The average Bonchev–Trinajstić information content (AvgIpc) is 2.78. The van der Waals surface area contributed by atoms with Crippen LogP contribution in [0.3, 0.4) is 0 Å². The van der Waals surface area contributed by atoms with E-state index in [1.807, 2.05) is 12.1 Å². The second-order valence-corrected chi connectivity index (χ2v) is 3.84. The highest BCUT2D eigenvalue weighted by atomic mass is 16.6. The van der Waals surface area contributed by atoms with E-state index in [4.69, 9.17) is 9.26 Å². The molecule has 1 aromatic carbocycles. The Bertz CT molecular complexity index is 614. The van der Waals surface area contributed by atoms with E-state index in [2.05, 4.69) is 5.16 Å². The number of hydrogen-bond donors (Lipinski definition) is 0. The van der Waals surface area contributed by atoms with Gasteiger partial charge in [0, 0.05) is 0 Å². The molecule has 1 heterocycles. The van der Waals surface area contributed by atoms with Crippen LogP contribution in [0.5, 0.6) is 5.75 Å². The van der Waals surface area contributed by atoms with E-state index in [1.165, 1.54) is 13.0 Å². The summed E-state index contributed by atoms with van der Waals surface area (Å²) in [5.41, 5.74) is 1.04. The van der Waals surface area contributed by atoms with Crippen molar-refractivity contribution in [1.82, 2.24) is 5.16 Å². The quantitative estimate of drug-likeness (QED) is 0.623. The van der Waals surface area contributed by atoms with Crippen LogP contribution in [-0.4, -0.2) is 17.2 Å². The van der Waals surface area contributed by atoms with Crippen molar-refractivity contribution in [2.75, 3.05) is 7.11 Å². The van der Waals surface area contributed by atoms with E-state index >= 15 is 0 Å². The lowest BCUT2D eigenvalue weighted by molar-refractivity contribution is -0.386. The number of nitrogens with zero attached hydrogens (tertiary/aromatic N) is 2. The van der Waals surface area contributed by atoms with Crippen LogP contribution in [0.15, 0.2) is 28.8 Å². The van der Waals surface area contributed by atoms with Crippen molar-refractivity contribution >= 4 is 17.8 Å². The molecule has 0 radical (unpaired) electrons. The zero-order chi connectivity index (χ0) is 13.8. The van der Waals surface area contributed by atoms with Gasteiger partial charge in [0.15, 0.2) is 5.69 Å². The average molecular weight is 260 g/mol. The predicted molar refractivity (Wildman–Crippen MR) is 69.8 cm³/mol. The predicted octanol–water partition coefficient (Wildman–Crippen LogP) is 3.07. The zero-order valence-corrected chi connectivity index (χ0v) is 10.5. The molecule has 0 saturated heterocycles. The molecule has 0 N–H and O–H groups in total. The van der Waals surface area contributed by atoms with E-state index in [-0.39, 0.29) is 17.1 Å². The van der Waals surface area contributed by atoms with E-state index < -0.39 is 4.92 Å². The van der Waals surface area contributed by atoms with E-state index in [0.717, 1.165) is 11.3 Å². The summed E-state index contributed by atoms with van der Waals surface area (Å²) in [7, 11) is 1.59. The summed E-state index contributed by atoms with van der Waals surface area (Å²) in [5, 5.41) is 14.4. The van der Waals surface area contributed by atoms with Crippen molar-refractivity contribution in [3.8, 4) is 5.75 Å². The molecule has 0 aliphatic rings. The lowest BCUT2D eigenvalue weighted by Gasteiger charge is -1.98.